The molecule has 1 fully saturated rings. The van der Waals surface area contributed by atoms with Crippen LogP contribution in [-0.4, -0.2) is 39.8 Å². The molecule has 1 aliphatic rings. The molecule has 2 aromatic heterocycles. The average Bonchev–Trinajstić information content (AvgIpc) is 3.31. The lowest BCUT2D eigenvalue weighted by atomic mass is 10.1. The van der Waals surface area contributed by atoms with Gasteiger partial charge in [-0.05, 0) is 31.0 Å². The molecule has 9 heteroatoms. The molecule has 1 unspecified atom stereocenters. The lowest BCUT2D eigenvalue weighted by Crippen LogP contribution is -2.43. The van der Waals surface area contributed by atoms with E-state index in [-0.39, 0.29) is 11.9 Å². The van der Waals surface area contributed by atoms with Gasteiger partial charge in [-0.1, -0.05) is 0 Å². The summed E-state index contributed by atoms with van der Waals surface area (Å²) in [6.45, 7) is 1.66. The topological polar surface area (TPSA) is 115 Å². The lowest BCUT2D eigenvalue weighted by molar-refractivity contribution is 0.102. The Bertz CT molecular complexity index is 996. The zero-order chi connectivity index (χ0) is 19.7. The summed E-state index contributed by atoms with van der Waals surface area (Å²) in [6, 6.07) is 5.69. The molecular weight excluding hydrogens is 374 g/mol. The molecule has 0 bridgehead atoms. The van der Waals surface area contributed by atoms with E-state index in [2.05, 4.69) is 20.3 Å². The standard InChI is InChI=1S/C19H23N7OS/c1-25-9-12(8-22-25)19-24-16(11-28-19)18(27)23-15-7-13(20)4-5-17(15)26-6-2-3-14(21)10-26/h4-5,7-9,11,14H,2-3,6,10,20-21H2,1H3,(H,23,27). The first-order valence-electron chi connectivity index (χ1n) is 9.15. The van der Waals surface area contributed by atoms with Gasteiger partial charge in [0.25, 0.3) is 5.91 Å². The molecule has 0 spiro atoms. The lowest BCUT2D eigenvalue weighted by Gasteiger charge is -2.34. The van der Waals surface area contributed by atoms with Crippen LogP contribution in [0.25, 0.3) is 10.6 Å². The van der Waals surface area contributed by atoms with Crippen LogP contribution in [0.1, 0.15) is 23.3 Å². The maximum absolute atomic E-state index is 12.8. The van der Waals surface area contributed by atoms with Crippen molar-refractivity contribution in [2.75, 3.05) is 29.0 Å². The van der Waals surface area contributed by atoms with Gasteiger partial charge in [0.2, 0.25) is 0 Å². The van der Waals surface area contributed by atoms with Gasteiger partial charge in [0.05, 0.1) is 17.6 Å². The Morgan fingerprint density at radius 3 is 3.00 bits per heavy atom. The number of anilines is 3. The molecule has 0 saturated carbocycles. The third kappa shape index (κ3) is 3.85. The summed E-state index contributed by atoms with van der Waals surface area (Å²) in [5.41, 5.74) is 15.5. The summed E-state index contributed by atoms with van der Waals surface area (Å²) in [7, 11) is 1.85. The van der Waals surface area contributed by atoms with Gasteiger partial charge >= 0.3 is 0 Å². The van der Waals surface area contributed by atoms with E-state index >= 15 is 0 Å². The Kier molecular flexibility index (Phi) is 5.01. The van der Waals surface area contributed by atoms with Gasteiger partial charge in [-0.3, -0.25) is 9.48 Å². The number of aryl methyl sites for hydroxylation is 1. The number of nitrogens with one attached hydrogen (secondary N) is 1. The second kappa shape index (κ2) is 7.61. The van der Waals surface area contributed by atoms with Crippen molar-refractivity contribution in [3.8, 4) is 10.6 Å². The molecule has 8 nitrogen and oxygen atoms in total. The van der Waals surface area contributed by atoms with Gasteiger partial charge in [-0.15, -0.1) is 11.3 Å². The van der Waals surface area contributed by atoms with Crippen molar-refractivity contribution in [1.29, 1.82) is 0 Å². The molecule has 0 aliphatic carbocycles. The molecule has 1 saturated heterocycles. The number of rotatable bonds is 4. The Hall–Kier alpha value is -2.91. The third-order valence-corrected chi connectivity index (χ3v) is 5.65. The highest BCUT2D eigenvalue weighted by atomic mass is 32.1. The van der Waals surface area contributed by atoms with Gasteiger partial charge < -0.3 is 21.7 Å². The van der Waals surface area contributed by atoms with Crippen molar-refractivity contribution in [1.82, 2.24) is 14.8 Å². The molecule has 1 amide bonds. The minimum Gasteiger partial charge on any atom is -0.399 e. The second-order valence-corrected chi connectivity index (χ2v) is 7.88. The number of aromatic nitrogens is 3. The predicted molar refractivity (Wildman–Crippen MR) is 113 cm³/mol. The number of piperidine rings is 1. The zero-order valence-corrected chi connectivity index (χ0v) is 16.4. The molecule has 28 heavy (non-hydrogen) atoms. The van der Waals surface area contributed by atoms with E-state index in [4.69, 9.17) is 11.5 Å². The zero-order valence-electron chi connectivity index (χ0n) is 15.6. The number of amides is 1. The van der Waals surface area contributed by atoms with Crippen molar-refractivity contribution in [3.63, 3.8) is 0 Å². The number of nitrogens with two attached hydrogens (primary N) is 2. The number of hydrogen-bond donors (Lipinski definition) is 3. The van der Waals surface area contributed by atoms with Crippen molar-refractivity contribution in [3.05, 3.63) is 41.7 Å². The van der Waals surface area contributed by atoms with Crippen LogP contribution in [0.3, 0.4) is 0 Å². The van der Waals surface area contributed by atoms with Gasteiger partial charge in [0.1, 0.15) is 10.7 Å². The summed E-state index contributed by atoms with van der Waals surface area (Å²) in [6.07, 6.45) is 5.65. The number of carbonyl (C=O) groups excluding carboxylic acids is 1. The van der Waals surface area contributed by atoms with Crippen LogP contribution in [0.4, 0.5) is 17.1 Å². The summed E-state index contributed by atoms with van der Waals surface area (Å²) in [5.74, 6) is -0.264. The average molecular weight is 398 g/mol. The van der Waals surface area contributed by atoms with E-state index in [1.807, 2.05) is 25.4 Å². The van der Waals surface area contributed by atoms with Crippen LogP contribution in [0.5, 0.6) is 0 Å². The maximum atomic E-state index is 12.8. The second-order valence-electron chi connectivity index (χ2n) is 7.02. The molecule has 5 N–H and O–H groups in total. The van der Waals surface area contributed by atoms with E-state index < -0.39 is 0 Å². The Morgan fingerprint density at radius 1 is 1.39 bits per heavy atom. The molecule has 1 aromatic carbocycles. The number of benzene rings is 1. The van der Waals surface area contributed by atoms with Crippen LogP contribution in [0.2, 0.25) is 0 Å². The maximum Gasteiger partial charge on any atom is 0.275 e. The van der Waals surface area contributed by atoms with E-state index in [1.165, 1.54) is 11.3 Å². The van der Waals surface area contributed by atoms with Crippen LogP contribution >= 0.6 is 11.3 Å². The number of hydrogen-bond acceptors (Lipinski definition) is 7. The van der Waals surface area contributed by atoms with Crippen LogP contribution in [0.15, 0.2) is 36.0 Å². The number of nitrogen functional groups attached to an aromatic ring is 1. The van der Waals surface area contributed by atoms with E-state index in [1.54, 1.807) is 22.3 Å². The van der Waals surface area contributed by atoms with Crippen LogP contribution in [0, 0.1) is 0 Å². The predicted octanol–water partition coefficient (Wildman–Crippen LogP) is 2.31. The van der Waals surface area contributed by atoms with Crippen molar-refractivity contribution >= 4 is 34.3 Å². The van der Waals surface area contributed by atoms with Crippen LogP contribution in [-0.2, 0) is 7.05 Å². The van der Waals surface area contributed by atoms with E-state index in [9.17, 15) is 4.79 Å². The Labute approximate surface area is 167 Å². The summed E-state index contributed by atoms with van der Waals surface area (Å²) in [5, 5.41) is 9.63. The van der Waals surface area contributed by atoms with Gasteiger partial charge in [-0.25, -0.2) is 4.98 Å². The smallest absolute Gasteiger partial charge is 0.275 e. The van der Waals surface area contributed by atoms with Gasteiger partial charge in [-0.2, -0.15) is 5.10 Å². The molecule has 1 atom stereocenters. The summed E-state index contributed by atoms with van der Waals surface area (Å²) >= 11 is 1.41. The highest BCUT2D eigenvalue weighted by Gasteiger charge is 2.21. The fraction of sp³-hybridized carbons (Fsp3) is 0.316. The molecule has 3 aromatic rings. The van der Waals surface area contributed by atoms with Crippen molar-refractivity contribution < 1.29 is 4.79 Å². The normalized spacial score (nSPS) is 16.9. The van der Waals surface area contributed by atoms with Crippen LogP contribution < -0.4 is 21.7 Å². The minimum atomic E-state index is -0.264. The minimum absolute atomic E-state index is 0.135. The number of thiazole rings is 1. The fourth-order valence-electron chi connectivity index (χ4n) is 3.39. The molecule has 146 valence electrons. The molecule has 4 rings (SSSR count). The molecule has 3 heterocycles. The number of carbonyl (C=O) groups is 1. The highest BCUT2D eigenvalue weighted by molar-refractivity contribution is 7.13. The quantitative estimate of drug-likeness (QED) is 0.582. The monoisotopic (exact) mass is 397 g/mol. The fourth-order valence-corrected chi connectivity index (χ4v) is 4.16. The first kappa shape index (κ1) is 18.5. The van der Waals surface area contributed by atoms with E-state index in [0.717, 1.165) is 42.2 Å². The third-order valence-electron chi connectivity index (χ3n) is 4.76. The summed E-state index contributed by atoms with van der Waals surface area (Å²) in [4.78, 5) is 19.5. The Morgan fingerprint density at radius 2 is 2.25 bits per heavy atom. The van der Waals surface area contributed by atoms with E-state index in [0.29, 0.717) is 17.1 Å². The van der Waals surface area contributed by atoms with Gasteiger partial charge in [0, 0.05) is 49.0 Å². The van der Waals surface area contributed by atoms with Gasteiger partial charge in [0.15, 0.2) is 0 Å². The summed E-state index contributed by atoms with van der Waals surface area (Å²) < 4.78 is 1.71. The van der Waals surface area contributed by atoms with Crippen molar-refractivity contribution in [2.45, 2.75) is 18.9 Å². The first-order chi connectivity index (χ1) is 13.5. The van der Waals surface area contributed by atoms with Crippen molar-refractivity contribution in [2.24, 2.45) is 12.8 Å². The largest absolute Gasteiger partial charge is 0.399 e. The first-order valence-corrected chi connectivity index (χ1v) is 10.0. The highest BCUT2D eigenvalue weighted by Crippen LogP contribution is 2.31. The number of nitrogens with zero attached hydrogens (tertiary/aromatic N) is 4. The molecular formula is C19H23N7OS. The Balaban J connectivity index is 1.56. The SMILES string of the molecule is Cn1cc(-c2nc(C(=O)Nc3cc(N)ccc3N3CCCC(N)C3)cs2)cn1. The molecule has 1 aliphatic heterocycles. The molecule has 0 radical (unpaired) electrons.